The van der Waals surface area contributed by atoms with Crippen LogP contribution in [-0.2, 0) is 6.54 Å². The smallest absolute Gasteiger partial charge is 0.128 e. The monoisotopic (exact) mass is 260 g/mol. The zero-order valence-electron chi connectivity index (χ0n) is 11.8. The number of nitrogens with zero attached hydrogens (tertiary/aromatic N) is 3. The fourth-order valence-corrected chi connectivity index (χ4v) is 2.59. The molecule has 19 heavy (non-hydrogen) atoms. The number of likely N-dealkylation sites (N-methyl/N-ethyl adjacent to an activating group) is 1. The Bertz CT molecular complexity index is 408. The number of aromatic nitrogens is 1. The predicted molar refractivity (Wildman–Crippen MR) is 78.4 cm³/mol. The molecule has 1 aromatic heterocycles. The van der Waals surface area contributed by atoms with E-state index in [0.717, 1.165) is 51.1 Å². The van der Waals surface area contributed by atoms with Crippen LogP contribution in [0.25, 0.3) is 0 Å². The van der Waals surface area contributed by atoms with Gasteiger partial charge in [0.1, 0.15) is 5.82 Å². The zero-order valence-corrected chi connectivity index (χ0v) is 11.8. The molecular weight excluding hydrogens is 236 g/mol. The molecule has 4 nitrogen and oxygen atoms in total. The van der Waals surface area contributed by atoms with Crippen LogP contribution >= 0.6 is 0 Å². The number of hydrogen-bond donors (Lipinski definition) is 1. The number of hydrogen-bond acceptors (Lipinski definition) is 4. The number of piperazine rings is 1. The summed E-state index contributed by atoms with van der Waals surface area (Å²) >= 11 is 0. The highest BCUT2D eigenvalue weighted by Gasteiger charge is 2.20. The van der Waals surface area contributed by atoms with Gasteiger partial charge in [-0.25, -0.2) is 4.98 Å². The summed E-state index contributed by atoms with van der Waals surface area (Å²) in [5.74, 6) is 1.14. The first-order valence-corrected chi connectivity index (χ1v) is 7.51. The van der Waals surface area contributed by atoms with Crippen molar-refractivity contribution >= 4 is 5.82 Å². The third-order valence-electron chi connectivity index (χ3n) is 4.13. The average Bonchev–Trinajstić information content (AvgIpc) is 3.30. The average molecular weight is 260 g/mol. The molecule has 104 valence electrons. The Morgan fingerprint density at radius 1 is 1.26 bits per heavy atom. The maximum absolute atomic E-state index is 4.54. The number of anilines is 1. The molecule has 0 radical (unpaired) electrons. The Hall–Kier alpha value is -1.13. The summed E-state index contributed by atoms with van der Waals surface area (Å²) in [6, 6.07) is 5.14. The lowest BCUT2D eigenvalue weighted by Crippen LogP contribution is -2.46. The van der Waals surface area contributed by atoms with E-state index in [1.807, 2.05) is 6.20 Å². The van der Waals surface area contributed by atoms with Crippen LogP contribution in [0.4, 0.5) is 5.82 Å². The molecule has 1 aliphatic carbocycles. The summed E-state index contributed by atoms with van der Waals surface area (Å²) in [4.78, 5) is 9.44. The number of pyridine rings is 1. The van der Waals surface area contributed by atoms with Gasteiger partial charge in [-0.2, -0.15) is 0 Å². The van der Waals surface area contributed by atoms with Gasteiger partial charge in [-0.1, -0.05) is 6.92 Å². The maximum atomic E-state index is 4.54. The van der Waals surface area contributed by atoms with Crippen molar-refractivity contribution in [1.29, 1.82) is 0 Å². The third-order valence-corrected chi connectivity index (χ3v) is 4.13. The van der Waals surface area contributed by atoms with E-state index >= 15 is 0 Å². The molecule has 4 heteroatoms. The summed E-state index contributed by atoms with van der Waals surface area (Å²) in [5.41, 5.74) is 1.36. The molecule has 2 aliphatic rings. The molecular formula is C15H24N4. The molecule has 0 atom stereocenters. The van der Waals surface area contributed by atoms with Crippen molar-refractivity contribution in [2.45, 2.75) is 32.4 Å². The van der Waals surface area contributed by atoms with Crippen molar-refractivity contribution in [3.8, 4) is 0 Å². The van der Waals surface area contributed by atoms with Gasteiger partial charge in [0.25, 0.3) is 0 Å². The van der Waals surface area contributed by atoms with Crippen molar-refractivity contribution in [3.05, 3.63) is 23.9 Å². The SMILES string of the molecule is CCN1CCN(c2cc(CNC3CC3)ccn2)CC1. The molecule has 3 rings (SSSR count). The Kier molecular flexibility index (Phi) is 3.99. The molecule has 0 aromatic carbocycles. The van der Waals surface area contributed by atoms with Crippen LogP contribution in [0.1, 0.15) is 25.3 Å². The lowest BCUT2D eigenvalue weighted by Gasteiger charge is -2.34. The van der Waals surface area contributed by atoms with Gasteiger partial charge in [-0.3, -0.25) is 0 Å². The molecule has 1 N–H and O–H groups in total. The standard InChI is InChI=1S/C15H24N4/c1-2-18-7-9-19(10-8-18)15-11-13(5-6-16-15)12-17-14-3-4-14/h5-6,11,14,17H,2-4,7-10,12H2,1H3. The minimum Gasteiger partial charge on any atom is -0.354 e. The first-order chi connectivity index (χ1) is 9.35. The van der Waals surface area contributed by atoms with Gasteiger partial charge in [-0.05, 0) is 37.1 Å². The highest BCUT2D eigenvalue weighted by Crippen LogP contribution is 2.20. The highest BCUT2D eigenvalue weighted by atomic mass is 15.3. The summed E-state index contributed by atoms with van der Waals surface area (Å²) in [6.07, 6.45) is 4.64. The van der Waals surface area contributed by atoms with Crippen LogP contribution in [0.3, 0.4) is 0 Å². The predicted octanol–water partition coefficient (Wildman–Crippen LogP) is 1.48. The van der Waals surface area contributed by atoms with Crippen molar-refractivity contribution < 1.29 is 0 Å². The fraction of sp³-hybridized carbons (Fsp3) is 0.667. The molecule has 0 spiro atoms. The molecule has 1 aromatic rings. The van der Waals surface area contributed by atoms with Crippen LogP contribution in [-0.4, -0.2) is 48.6 Å². The van der Waals surface area contributed by atoms with Crippen molar-refractivity contribution in [2.75, 3.05) is 37.6 Å². The molecule has 2 fully saturated rings. The lowest BCUT2D eigenvalue weighted by molar-refractivity contribution is 0.270. The molecule has 1 aliphatic heterocycles. The first kappa shape index (κ1) is 12.9. The first-order valence-electron chi connectivity index (χ1n) is 7.51. The van der Waals surface area contributed by atoms with Gasteiger partial charge in [0.15, 0.2) is 0 Å². The van der Waals surface area contributed by atoms with Crippen LogP contribution in [0, 0.1) is 0 Å². The van der Waals surface area contributed by atoms with E-state index in [9.17, 15) is 0 Å². The lowest BCUT2D eigenvalue weighted by atomic mass is 10.2. The molecule has 0 bridgehead atoms. The van der Waals surface area contributed by atoms with E-state index in [1.54, 1.807) is 0 Å². The zero-order chi connectivity index (χ0) is 13.1. The van der Waals surface area contributed by atoms with E-state index in [1.165, 1.54) is 18.4 Å². The fourth-order valence-electron chi connectivity index (χ4n) is 2.59. The minimum absolute atomic E-state index is 0.768. The summed E-state index contributed by atoms with van der Waals surface area (Å²) in [6.45, 7) is 8.88. The van der Waals surface area contributed by atoms with Gasteiger partial charge in [0.2, 0.25) is 0 Å². The third kappa shape index (κ3) is 3.45. The minimum atomic E-state index is 0.768. The van der Waals surface area contributed by atoms with Gasteiger partial charge >= 0.3 is 0 Å². The second kappa shape index (κ2) is 5.88. The van der Waals surface area contributed by atoms with Crippen molar-refractivity contribution in [3.63, 3.8) is 0 Å². The largest absolute Gasteiger partial charge is 0.354 e. The van der Waals surface area contributed by atoms with Gasteiger partial charge in [0.05, 0.1) is 0 Å². The second-order valence-corrected chi connectivity index (χ2v) is 5.60. The van der Waals surface area contributed by atoms with Gasteiger partial charge in [-0.15, -0.1) is 0 Å². The topological polar surface area (TPSA) is 31.4 Å². The molecule has 1 saturated heterocycles. The van der Waals surface area contributed by atoms with Crippen LogP contribution in [0.2, 0.25) is 0 Å². The van der Waals surface area contributed by atoms with Crippen LogP contribution in [0.15, 0.2) is 18.3 Å². The van der Waals surface area contributed by atoms with E-state index < -0.39 is 0 Å². The number of rotatable bonds is 5. The van der Waals surface area contributed by atoms with Gasteiger partial charge < -0.3 is 15.1 Å². The Labute approximate surface area is 115 Å². The molecule has 1 saturated carbocycles. The highest BCUT2D eigenvalue weighted by molar-refractivity contribution is 5.41. The van der Waals surface area contributed by atoms with E-state index in [-0.39, 0.29) is 0 Å². The van der Waals surface area contributed by atoms with Crippen LogP contribution in [0.5, 0.6) is 0 Å². The van der Waals surface area contributed by atoms with Gasteiger partial charge in [0, 0.05) is 45.0 Å². The second-order valence-electron chi connectivity index (χ2n) is 5.60. The van der Waals surface area contributed by atoms with E-state index in [0.29, 0.717) is 0 Å². The summed E-state index contributed by atoms with van der Waals surface area (Å²) in [5, 5.41) is 3.56. The quantitative estimate of drug-likeness (QED) is 0.869. The summed E-state index contributed by atoms with van der Waals surface area (Å²) in [7, 11) is 0. The van der Waals surface area contributed by atoms with Crippen LogP contribution < -0.4 is 10.2 Å². The van der Waals surface area contributed by atoms with E-state index in [4.69, 9.17) is 0 Å². The summed E-state index contributed by atoms with van der Waals surface area (Å²) < 4.78 is 0. The Morgan fingerprint density at radius 3 is 2.74 bits per heavy atom. The van der Waals surface area contributed by atoms with E-state index in [2.05, 4.69) is 39.2 Å². The Morgan fingerprint density at radius 2 is 2.05 bits per heavy atom. The van der Waals surface area contributed by atoms with Crippen molar-refractivity contribution in [2.24, 2.45) is 0 Å². The number of nitrogens with one attached hydrogen (secondary N) is 1. The Balaban J connectivity index is 1.58. The molecule has 0 amide bonds. The maximum Gasteiger partial charge on any atom is 0.128 e. The molecule has 0 unspecified atom stereocenters. The van der Waals surface area contributed by atoms with Crippen molar-refractivity contribution in [1.82, 2.24) is 15.2 Å². The normalized spacial score (nSPS) is 20.8. The molecule has 2 heterocycles.